The number of hydrogen-bond donors (Lipinski definition) is 0. The van der Waals surface area contributed by atoms with Gasteiger partial charge >= 0.3 is 18.2 Å². The molecule has 0 atom stereocenters. The van der Waals surface area contributed by atoms with E-state index in [0.29, 0.717) is 0 Å². The molecule has 0 aliphatic heterocycles. The minimum Gasteiger partial charge on any atom is -0.497 e. The Morgan fingerprint density at radius 3 is 1.50 bits per heavy atom. The molecular weight excluding hydrogens is 789 g/mol. The number of benzene rings is 6. The van der Waals surface area contributed by atoms with Crippen molar-refractivity contribution in [2.75, 3.05) is 26.9 Å². The van der Waals surface area contributed by atoms with E-state index >= 15 is 0 Å². The number of methoxy groups -OCH3 is 1. The summed E-state index contributed by atoms with van der Waals surface area (Å²) in [5.41, 5.74) is 7.66. The maximum Gasteiger partial charge on any atom is 0.513 e. The van der Waals surface area contributed by atoms with Gasteiger partial charge in [0.25, 0.3) is 0 Å². The fourth-order valence-electron chi connectivity index (χ4n) is 7.65. The number of esters is 1. The Balaban J connectivity index is 1.04. The van der Waals surface area contributed by atoms with Crippen LogP contribution in [0.1, 0.15) is 39.7 Å². The van der Waals surface area contributed by atoms with E-state index in [0.717, 1.165) is 49.4 Å². The van der Waals surface area contributed by atoms with Crippen molar-refractivity contribution in [2.45, 2.75) is 18.4 Å². The first-order valence-electron chi connectivity index (χ1n) is 18.6. The number of ether oxygens (including phenoxy) is 5. The molecule has 0 unspecified atom stereocenters. The standard InChI is InChI=1S/C46H32F5NO8/c1-56-26-19-18-25(37(20-26)59-46(55)58-24-36-33-16-8-4-12-29(33)30-13-5-9-17-34(30)36)21-52(22-38(53)60-44-42(50)40(48)39(47)41(49)43(44)51)45(54)57-23-35-31-14-6-2-10-27(31)28-11-3-7-15-32(28)35/h2-20,35-36H,21-24H2,1H3. The summed E-state index contributed by atoms with van der Waals surface area (Å²) >= 11 is 0. The van der Waals surface area contributed by atoms with Crippen molar-refractivity contribution in [2.24, 2.45) is 0 Å². The van der Waals surface area contributed by atoms with E-state index in [9.17, 15) is 36.3 Å². The molecule has 2 aliphatic rings. The molecule has 0 aromatic heterocycles. The zero-order valence-corrected chi connectivity index (χ0v) is 31.6. The smallest absolute Gasteiger partial charge is 0.497 e. The largest absolute Gasteiger partial charge is 0.513 e. The van der Waals surface area contributed by atoms with Crippen LogP contribution in [0.5, 0.6) is 17.2 Å². The van der Waals surface area contributed by atoms with Gasteiger partial charge < -0.3 is 23.7 Å². The molecule has 6 aromatic rings. The lowest BCUT2D eigenvalue weighted by atomic mass is 9.98. The maximum atomic E-state index is 14.5. The summed E-state index contributed by atoms with van der Waals surface area (Å²) in [6.45, 7) is -1.98. The minimum atomic E-state index is -2.45. The Morgan fingerprint density at radius 2 is 1.02 bits per heavy atom. The molecule has 0 radical (unpaired) electrons. The maximum absolute atomic E-state index is 14.5. The quantitative estimate of drug-likeness (QED) is 0.0318. The first kappa shape index (κ1) is 39.6. The first-order chi connectivity index (χ1) is 29.0. The first-order valence-corrected chi connectivity index (χ1v) is 18.6. The molecule has 9 nitrogen and oxygen atoms in total. The number of carbonyl (C=O) groups excluding carboxylic acids is 3. The lowest BCUT2D eigenvalue weighted by Crippen LogP contribution is -2.38. The van der Waals surface area contributed by atoms with Crippen LogP contribution in [-0.4, -0.2) is 50.0 Å². The predicted molar refractivity (Wildman–Crippen MR) is 206 cm³/mol. The Kier molecular flexibility index (Phi) is 10.9. The molecule has 1 amide bonds. The molecular formula is C46H32F5NO8. The van der Waals surface area contributed by atoms with Crippen LogP contribution in [0.15, 0.2) is 115 Å². The second kappa shape index (κ2) is 16.6. The van der Waals surface area contributed by atoms with Gasteiger partial charge in [0.1, 0.15) is 31.3 Å². The zero-order chi connectivity index (χ0) is 42.1. The molecule has 304 valence electrons. The Hall–Kier alpha value is -7.22. The monoisotopic (exact) mass is 821 g/mol. The van der Waals surface area contributed by atoms with Crippen molar-refractivity contribution in [1.82, 2.24) is 4.90 Å². The average molecular weight is 822 g/mol. The Morgan fingerprint density at radius 1 is 0.567 bits per heavy atom. The van der Waals surface area contributed by atoms with Gasteiger partial charge in [0.2, 0.25) is 34.8 Å². The van der Waals surface area contributed by atoms with Gasteiger partial charge in [0, 0.05) is 23.5 Å². The molecule has 0 fully saturated rings. The van der Waals surface area contributed by atoms with Crippen molar-refractivity contribution in [3.05, 3.63) is 172 Å². The van der Waals surface area contributed by atoms with Crippen LogP contribution in [0.25, 0.3) is 22.3 Å². The molecule has 6 aromatic carbocycles. The normalized spacial score (nSPS) is 12.5. The number of rotatable bonds is 11. The molecule has 0 heterocycles. The number of hydrogen-bond acceptors (Lipinski definition) is 8. The number of amides is 1. The SMILES string of the molecule is COc1ccc(CN(CC(=O)Oc2c(F)c(F)c(F)c(F)c2F)C(=O)OCC2c3ccccc3-c3ccccc32)c(OC(=O)OCC2c3ccccc3-c3ccccc32)c1. The van der Waals surface area contributed by atoms with Crippen LogP contribution in [0.3, 0.4) is 0 Å². The van der Waals surface area contributed by atoms with Gasteiger partial charge in [-0.05, 0) is 56.6 Å². The summed E-state index contributed by atoms with van der Waals surface area (Å²) in [6, 6.07) is 34.8. The molecule has 60 heavy (non-hydrogen) atoms. The van der Waals surface area contributed by atoms with Crippen molar-refractivity contribution < 1.29 is 60.0 Å². The third-order valence-electron chi connectivity index (χ3n) is 10.5. The third-order valence-corrected chi connectivity index (χ3v) is 10.5. The summed E-state index contributed by atoms with van der Waals surface area (Å²) in [5, 5.41) is 0. The summed E-state index contributed by atoms with van der Waals surface area (Å²) in [6.07, 6.45) is -2.24. The summed E-state index contributed by atoms with van der Waals surface area (Å²) in [5.74, 6) is -16.0. The van der Waals surface area contributed by atoms with Crippen LogP contribution in [0.4, 0.5) is 31.5 Å². The van der Waals surface area contributed by atoms with E-state index < -0.39 is 72.1 Å². The Bertz CT molecular complexity index is 2550. The van der Waals surface area contributed by atoms with E-state index in [-0.39, 0.29) is 36.2 Å². The van der Waals surface area contributed by atoms with Gasteiger partial charge in [-0.25, -0.2) is 27.6 Å². The second-order valence-electron chi connectivity index (χ2n) is 13.9. The highest BCUT2D eigenvalue weighted by Crippen LogP contribution is 2.46. The average Bonchev–Trinajstić information content (AvgIpc) is 3.77. The fourth-order valence-corrected chi connectivity index (χ4v) is 7.65. The molecule has 0 saturated heterocycles. The molecule has 2 aliphatic carbocycles. The van der Waals surface area contributed by atoms with Crippen molar-refractivity contribution in [3.63, 3.8) is 0 Å². The summed E-state index contributed by atoms with van der Waals surface area (Å²) in [7, 11) is 1.37. The van der Waals surface area contributed by atoms with Crippen molar-refractivity contribution in [1.29, 1.82) is 0 Å². The topological polar surface area (TPSA) is 101 Å². The van der Waals surface area contributed by atoms with E-state index in [1.165, 1.54) is 25.3 Å². The van der Waals surface area contributed by atoms with Crippen molar-refractivity contribution in [3.8, 4) is 39.5 Å². The van der Waals surface area contributed by atoms with Gasteiger partial charge in [-0.3, -0.25) is 4.90 Å². The van der Waals surface area contributed by atoms with Crippen LogP contribution in [0.2, 0.25) is 0 Å². The molecule has 8 rings (SSSR count). The van der Waals surface area contributed by atoms with E-state index in [1.54, 1.807) is 0 Å². The highest BCUT2D eigenvalue weighted by Gasteiger charge is 2.33. The summed E-state index contributed by atoms with van der Waals surface area (Å²) in [4.78, 5) is 41.2. The minimum absolute atomic E-state index is 0.0818. The number of carbonyl (C=O) groups is 3. The molecule has 14 heteroatoms. The molecule has 0 N–H and O–H groups in total. The third kappa shape index (κ3) is 7.47. The van der Waals surface area contributed by atoms with Crippen LogP contribution >= 0.6 is 0 Å². The molecule has 0 spiro atoms. The number of nitrogens with zero attached hydrogens (tertiary/aromatic N) is 1. The van der Waals surface area contributed by atoms with E-state index in [2.05, 4.69) is 4.74 Å². The van der Waals surface area contributed by atoms with Crippen LogP contribution in [-0.2, 0) is 20.8 Å². The predicted octanol–water partition coefficient (Wildman–Crippen LogP) is 10.1. The van der Waals surface area contributed by atoms with Gasteiger partial charge in [-0.1, -0.05) is 97.1 Å². The lowest BCUT2D eigenvalue weighted by molar-refractivity contribution is -0.136. The Labute approximate surface area is 339 Å². The van der Waals surface area contributed by atoms with Crippen LogP contribution < -0.4 is 14.2 Å². The highest BCUT2D eigenvalue weighted by molar-refractivity contribution is 5.82. The molecule has 0 saturated carbocycles. The fraction of sp³-hybridized carbons (Fsp3) is 0.152. The van der Waals surface area contributed by atoms with Gasteiger partial charge in [0.15, 0.2) is 0 Å². The lowest BCUT2D eigenvalue weighted by Gasteiger charge is -2.24. The second-order valence-corrected chi connectivity index (χ2v) is 13.9. The van der Waals surface area contributed by atoms with Crippen LogP contribution in [0, 0.1) is 29.1 Å². The highest BCUT2D eigenvalue weighted by atomic mass is 19.2. The number of fused-ring (bicyclic) bond motifs is 6. The number of halogens is 5. The summed E-state index contributed by atoms with van der Waals surface area (Å²) < 4.78 is 97.7. The van der Waals surface area contributed by atoms with E-state index in [4.69, 9.17) is 18.9 Å². The van der Waals surface area contributed by atoms with Gasteiger partial charge in [-0.15, -0.1) is 0 Å². The van der Waals surface area contributed by atoms with E-state index in [1.807, 2.05) is 97.1 Å². The molecule has 0 bridgehead atoms. The van der Waals surface area contributed by atoms with Gasteiger partial charge in [0.05, 0.1) is 13.7 Å². The van der Waals surface area contributed by atoms with Crippen molar-refractivity contribution >= 4 is 18.2 Å². The zero-order valence-electron chi connectivity index (χ0n) is 31.6. The van der Waals surface area contributed by atoms with Gasteiger partial charge in [-0.2, -0.15) is 8.78 Å².